The third-order valence-corrected chi connectivity index (χ3v) is 4.37. The standard InChI is InChI=1S/C22H25N3O4/c1-27-18-11-9-17(10-12-18)15-25(13-5-6-14-29-22(26)28-2)16-21-23-19-7-3-4-8-20(19)24-21/h3-12H,13-16H2,1-2H3,(H,23,24)/b6-5+. The van der Waals surface area contributed by atoms with Crippen LogP contribution in [-0.4, -0.2) is 48.4 Å². The number of aromatic amines is 1. The minimum atomic E-state index is -0.688. The highest BCUT2D eigenvalue weighted by molar-refractivity contribution is 5.74. The quantitative estimate of drug-likeness (QED) is 0.437. The summed E-state index contributed by atoms with van der Waals surface area (Å²) in [6.45, 7) is 2.24. The van der Waals surface area contributed by atoms with Gasteiger partial charge in [0.15, 0.2) is 0 Å². The first-order chi connectivity index (χ1) is 14.2. The zero-order valence-electron chi connectivity index (χ0n) is 16.6. The van der Waals surface area contributed by atoms with E-state index in [2.05, 4.69) is 31.7 Å². The van der Waals surface area contributed by atoms with Gasteiger partial charge in [0.2, 0.25) is 0 Å². The number of H-pyrrole nitrogens is 1. The molecule has 152 valence electrons. The molecule has 7 heteroatoms. The van der Waals surface area contributed by atoms with Gasteiger partial charge < -0.3 is 19.2 Å². The maximum Gasteiger partial charge on any atom is 0.508 e. The number of para-hydroxylation sites is 2. The van der Waals surface area contributed by atoms with Gasteiger partial charge >= 0.3 is 6.16 Å². The molecule has 0 saturated heterocycles. The molecular formula is C22H25N3O4. The highest BCUT2D eigenvalue weighted by atomic mass is 16.7. The van der Waals surface area contributed by atoms with E-state index in [1.54, 1.807) is 13.2 Å². The second-order valence-electron chi connectivity index (χ2n) is 6.45. The number of fused-ring (bicyclic) bond motifs is 1. The van der Waals surface area contributed by atoms with Crippen LogP contribution in [0, 0.1) is 0 Å². The molecule has 7 nitrogen and oxygen atoms in total. The molecule has 0 unspecified atom stereocenters. The molecular weight excluding hydrogens is 370 g/mol. The number of ether oxygens (including phenoxy) is 3. The van der Waals surface area contributed by atoms with E-state index in [1.165, 1.54) is 12.7 Å². The number of hydrogen-bond donors (Lipinski definition) is 1. The van der Waals surface area contributed by atoms with Crippen LogP contribution in [0.2, 0.25) is 0 Å². The summed E-state index contributed by atoms with van der Waals surface area (Å²) in [4.78, 5) is 21.3. The van der Waals surface area contributed by atoms with Crippen molar-refractivity contribution in [3.8, 4) is 5.75 Å². The number of nitrogens with one attached hydrogen (secondary N) is 1. The van der Waals surface area contributed by atoms with Gasteiger partial charge in [-0.15, -0.1) is 0 Å². The van der Waals surface area contributed by atoms with Gasteiger partial charge in [0.25, 0.3) is 0 Å². The van der Waals surface area contributed by atoms with Gasteiger partial charge in [-0.3, -0.25) is 4.90 Å². The van der Waals surface area contributed by atoms with Crippen LogP contribution < -0.4 is 4.74 Å². The van der Waals surface area contributed by atoms with Crippen molar-refractivity contribution in [1.29, 1.82) is 0 Å². The minimum absolute atomic E-state index is 0.174. The number of nitrogens with zero attached hydrogens (tertiary/aromatic N) is 2. The molecule has 0 radical (unpaired) electrons. The van der Waals surface area contributed by atoms with E-state index in [0.717, 1.165) is 29.2 Å². The molecule has 29 heavy (non-hydrogen) atoms. The number of aromatic nitrogens is 2. The number of imidazole rings is 1. The largest absolute Gasteiger partial charge is 0.508 e. The molecule has 0 atom stereocenters. The average molecular weight is 395 g/mol. The van der Waals surface area contributed by atoms with Crippen LogP contribution in [0.4, 0.5) is 4.79 Å². The molecule has 1 heterocycles. The fraction of sp³-hybridized carbons (Fsp3) is 0.273. The van der Waals surface area contributed by atoms with E-state index in [-0.39, 0.29) is 6.61 Å². The fourth-order valence-electron chi connectivity index (χ4n) is 2.93. The Kier molecular flexibility index (Phi) is 7.24. The van der Waals surface area contributed by atoms with E-state index in [9.17, 15) is 4.79 Å². The number of carbonyl (C=O) groups is 1. The average Bonchev–Trinajstić information content (AvgIpc) is 3.16. The first-order valence-corrected chi connectivity index (χ1v) is 9.32. The van der Waals surface area contributed by atoms with Gasteiger partial charge in [0.05, 0.1) is 31.8 Å². The lowest BCUT2D eigenvalue weighted by Crippen LogP contribution is -2.23. The van der Waals surface area contributed by atoms with Crippen LogP contribution in [-0.2, 0) is 22.6 Å². The molecule has 0 fully saturated rings. The lowest BCUT2D eigenvalue weighted by Gasteiger charge is -2.20. The zero-order chi connectivity index (χ0) is 20.5. The summed E-state index contributed by atoms with van der Waals surface area (Å²) in [5.41, 5.74) is 3.14. The Morgan fingerprint density at radius 2 is 1.86 bits per heavy atom. The molecule has 0 aliphatic rings. The summed E-state index contributed by atoms with van der Waals surface area (Å²) in [6, 6.07) is 16.0. The number of rotatable bonds is 9. The first-order valence-electron chi connectivity index (χ1n) is 9.32. The number of methoxy groups -OCH3 is 2. The molecule has 0 amide bonds. The van der Waals surface area contributed by atoms with Gasteiger partial charge in [-0.1, -0.05) is 30.3 Å². The summed E-state index contributed by atoms with van der Waals surface area (Å²) in [5, 5.41) is 0. The van der Waals surface area contributed by atoms with E-state index >= 15 is 0 Å². The smallest absolute Gasteiger partial charge is 0.497 e. The molecule has 0 bridgehead atoms. The van der Waals surface area contributed by atoms with Crippen molar-refractivity contribution in [2.75, 3.05) is 27.4 Å². The predicted molar refractivity (Wildman–Crippen MR) is 111 cm³/mol. The molecule has 0 aliphatic heterocycles. The third-order valence-electron chi connectivity index (χ3n) is 4.37. The van der Waals surface area contributed by atoms with E-state index < -0.39 is 6.16 Å². The monoisotopic (exact) mass is 395 g/mol. The molecule has 0 spiro atoms. The molecule has 1 N–H and O–H groups in total. The van der Waals surface area contributed by atoms with Crippen LogP contribution in [0.3, 0.4) is 0 Å². The van der Waals surface area contributed by atoms with Crippen molar-refractivity contribution in [3.05, 3.63) is 72.1 Å². The second-order valence-corrected chi connectivity index (χ2v) is 6.45. The van der Waals surface area contributed by atoms with Crippen molar-refractivity contribution >= 4 is 17.2 Å². The Labute approximate surface area is 169 Å². The van der Waals surface area contributed by atoms with Gasteiger partial charge in [-0.2, -0.15) is 0 Å². The Hall–Kier alpha value is -3.32. The Bertz CT molecular complexity index is 917. The minimum Gasteiger partial charge on any atom is -0.497 e. The first kappa shape index (κ1) is 20.4. The highest BCUT2D eigenvalue weighted by Crippen LogP contribution is 2.16. The molecule has 0 aliphatic carbocycles. The number of hydrogen-bond acceptors (Lipinski definition) is 6. The molecule has 2 aromatic carbocycles. The Morgan fingerprint density at radius 1 is 1.07 bits per heavy atom. The van der Waals surface area contributed by atoms with Crippen LogP contribution in [0.1, 0.15) is 11.4 Å². The summed E-state index contributed by atoms with van der Waals surface area (Å²) >= 11 is 0. The van der Waals surface area contributed by atoms with Crippen molar-refractivity contribution in [2.45, 2.75) is 13.1 Å². The van der Waals surface area contributed by atoms with Crippen molar-refractivity contribution in [2.24, 2.45) is 0 Å². The van der Waals surface area contributed by atoms with E-state index in [1.807, 2.05) is 42.5 Å². The Balaban J connectivity index is 1.67. The van der Waals surface area contributed by atoms with Crippen molar-refractivity contribution < 1.29 is 19.0 Å². The van der Waals surface area contributed by atoms with Gasteiger partial charge in [-0.05, 0) is 35.9 Å². The summed E-state index contributed by atoms with van der Waals surface area (Å²) in [6.07, 6.45) is 3.08. The molecule has 0 saturated carbocycles. The fourth-order valence-corrected chi connectivity index (χ4v) is 2.93. The maximum absolute atomic E-state index is 11.0. The van der Waals surface area contributed by atoms with Crippen molar-refractivity contribution in [3.63, 3.8) is 0 Å². The predicted octanol–water partition coefficient (Wildman–Crippen LogP) is 3.91. The summed E-state index contributed by atoms with van der Waals surface area (Å²) in [5.74, 6) is 1.73. The van der Waals surface area contributed by atoms with Gasteiger partial charge in [0, 0.05) is 13.1 Å². The second kappa shape index (κ2) is 10.3. The zero-order valence-corrected chi connectivity index (χ0v) is 16.6. The topological polar surface area (TPSA) is 76.7 Å². The SMILES string of the molecule is COC(=O)OC/C=C/CN(Cc1ccc(OC)cc1)Cc1nc2ccccc2[nH]1. The van der Waals surface area contributed by atoms with Crippen molar-refractivity contribution in [1.82, 2.24) is 14.9 Å². The number of carbonyl (C=O) groups excluding carboxylic acids is 1. The summed E-state index contributed by atoms with van der Waals surface area (Å²) < 4.78 is 14.6. The van der Waals surface area contributed by atoms with E-state index in [4.69, 9.17) is 9.47 Å². The molecule has 1 aromatic heterocycles. The molecule has 3 aromatic rings. The lowest BCUT2D eigenvalue weighted by molar-refractivity contribution is 0.0817. The normalized spacial score (nSPS) is 11.3. The van der Waals surface area contributed by atoms with Crippen LogP contribution in [0.5, 0.6) is 5.75 Å². The third kappa shape index (κ3) is 6.08. The Morgan fingerprint density at radius 3 is 2.59 bits per heavy atom. The maximum atomic E-state index is 11.0. The van der Waals surface area contributed by atoms with Crippen LogP contribution in [0.15, 0.2) is 60.7 Å². The lowest BCUT2D eigenvalue weighted by atomic mass is 10.2. The van der Waals surface area contributed by atoms with E-state index in [0.29, 0.717) is 13.1 Å². The van der Waals surface area contributed by atoms with Gasteiger partial charge in [-0.25, -0.2) is 9.78 Å². The van der Waals surface area contributed by atoms with Crippen LogP contribution in [0.25, 0.3) is 11.0 Å². The number of benzene rings is 2. The van der Waals surface area contributed by atoms with Crippen LogP contribution >= 0.6 is 0 Å². The molecule has 3 rings (SSSR count). The van der Waals surface area contributed by atoms with Gasteiger partial charge in [0.1, 0.15) is 18.2 Å². The highest BCUT2D eigenvalue weighted by Gasteiger charge is 2.10. The summed E-state index contributed by atoms with van der Waals surface area (Å²) in [7, 11) is 2.94.